The first-order valence-corrected chi connectivity index (χ1v) is 9.67. The van der Waals surface area contributed by atoms with Crippen LogP contribution in [0, 0.1) is 5.92 Å². The first kappa shape index (κ1) is 17.7. The number of rotatable bonds is 5. The van der Waals surface area contributed by atoms with Gasteiger partial charge in [-0.3, -0.25) is 0 Å². The van der Waals surface area contributed by atoms with Crippen molar-refractivity contribution in [3.63, 3.8) is 0 Å². The lowest BCUT2D eigenvalue weighted by molar-refractivity contribution is 0.404. The summed E-state index contributed by atoms with van der Waals surface area (Å²) in [6.07, 6.45) is 11.1. The first-order chi connectivity index (χ1) is 13.3. The Bertz CT molecular complexity index is 952. The lowest BCUT2D eigenvalue weighted by Gasteiger charge is -2.17. The van der Waals surface area contributed by atoms with Crippen LogP contribution in [-0.4, -0.2) is 24.2 Å². The fraction of sp³-hybridized carbons (Fsp3) is 0.348. The minimum absolute atomic E-state index is 0.698. The molecule has 1 saturated carbocycles. The van der Waals surface area contributed by atoms with Crippen molar-refractivity contribution in [2.45, 2.75) is 32.1 Å². The zero-order valence-electron chi connectivity index (χ0n) is 16.0. The van der Waals surface area contributed by atoms with Crippen molar-refractivity contribution in [2.24, 2.45) is 5.92 Å². The topological polar surface area (TPSA) is 47.1 Å². The van der Waals surface area contributed by atoms with Crippen LogP contribution in [0.2, 0.25) is 0 Å². The molecule has 0 radical (unpaired) electrons. The normalized spacial score (nSPS) is 15.5. The minimum atomic E-state index is 0.698. The molecule has 0 unspecified atom stereocenters. The third kappa shape index (κ3) is 3.85. The van der Waals surface area contributed by atoms with E-state index in [2.05, 4.69) is 35.3 Å². The predicted octanol–water partition coefficient (Wildman–Crippen LogP) is 5.84. The maximum Gasteiger partial charge on any atom is 0.130 e. The van der Waals surface area contributed by atoms with Gasteiger partial charge in [0.25, 0.3) is 0 Å². The molecule has 1 fully saturated rings. The number of nitrogens with zero attached hydrogens (tertiary/aromatic N) is 1. The fourth-order valence-corrected chi connectivity index (χ4v) is 3.87. The molecule has 1 aromatic heterocycles. The molecule has 0 amide bonds. The maximum atomic E-state index is 5.53. The van der Waals surface area contributed by atoms with Crippen LogP contribution >= 0.6 is 0 Å². The van der Waals surface area contributed by atoms with Gasteiger partial charge in [-0.25, -0.2) is 4.98 Å². The van der Waals surface area contributed by atoms with Gasteiger partial charge in [0.2, 0.25) is 0 Å². The highest BCUT2D eigenvalue weighted by atomic mass is 16.5. The molecule has 2 aromatic carbocycles. The number of benzene rings is 2. The Labute approximate surface area is 160 Å². The SMILES string of the molecule is COc1ccc(OC)c(-c2ccc3[nH]c(C=CC4CCCCC4)nc3c2)c1. The highest BCUT2D eigenvalue weighted by Crippen LogP contribution is 2.34. The Morgan fingerprint density at radius 1 is 1.00 bits per heavy atom. The maximum absolute atomic E-state index is 5.53. The summed E-state index contributed by atoms with van der Waals surface area (Å²) in [6, 6.07) is 12.1. The summed E-state index contributed by atoms with van der Waals surface area (Å²) >= 11 is 0. The highest BCUT2D eigenvalue weighted by Gasteiger charge is 2.12. The summed E-state index contributed by atoms with van der Waals surface area (Å²) in [4.78, 5) is 8.18. The van der Waals surface area contributed by atoms with Gasteiger partial charge >= 0.3 is 0 Å². The number of nitrogens with one attached hydrogen (secondary N) is 1. The van der Waals surface area contributed by atoms with Gasteiger partial charge in [0.05, 0.1) is 25.3 Å². The molecule has 0 atom stereocenters. The summed E-state index contributed by atoms with van der Waals surface area (Å²) < 4.78 is 10.9. The van der Waals surface area contributed by atoms with Gasteiger partial charge in [-0.2, -0.15) is 0 Å². The highest BCUT2D eigenvalue weighted by molar-refractivity contribution is 5.84. The zero-order chi connectivity index (χ0) is 18.6. The van der Waals surface area contributed by atoms with Gasteiger partial charge in [0.15, 0.2) is 0 Å². The molecule has 1 N–H and O–H groups in total. The van der Waals surface area contributed by atoms with Gasteiger partial charge in [0, 0.05) is 5.56 Å². The number of aromatic nitrogens is 2. The summed E-state index contributed by atoms with van der Waals surface area (Å²) in [5.41, 5.74) is 4.07. The van der Waals surface area contributed by atoms with E-state index in [-0.39, 0.29) is 0 Å². The van der Waals surface area contributed by atoms with Crippen LogP contribution in [0.25, 0.3) is 28.2 Å². The van der Waals surface area contributed by atoms with Crippen LogP contribution in [0.4, 0.5) is 0 Å². The first-order valence-electron chi connectivity index (χ1n) is 9.67. The standard InChI is InChI=1S/C23H26N2O2/c1-26-18-10-12-22(27-2)19(15-18)17-9-11-20-21(14-17)25-23(24-20)13-8-16-6-4-3-5-7-16/h8-16H,3-7H2,1-2H3,(H,24,25). The predicted molar refractivity (Wildman–Crippen MR) is 110 cm³/mol. The summed E-state index contributed by atoms with van der Waals surface area (Å²) in [7, 11) is 3.36. The molecule has 0 saturated heterocycles. The van der Waals surface area contributed by atoms with Crippen LogP contribution in [-0.2, 0) is 0 Å². The minimum Gasteiger partial charge on any atom is -0.497 e. The van der Waals surface area contributed by atoms with Crippen LogP contribution in [0.15, 0.2) is 42.5 Å². The number of ether oxygens (including phenoxy) is 2. The van der Waals surface area contributed by atoms with Gasteiger partial charge in [-0.15, -0.1) is 0 Å². The zero-order valence-corrected chi connectivity index (χ0v) is 16.0. The molecule has 0 spiro atoms. The van der Waals surface area contributed by atoms with Crippen molar-refractivity contribution in [3.05, 3.63) is 48.3 Å². The van der Waals surface area contributed by atoms with Gasteiger partial charge < -0.3 is 14.5 Å². The smallest absolute Gasteiger partial charge is 0.130 e. The number of hydrogen-bond acceptors (Lipinski definition) is 3. The molecule has 4 rings (SSSR count). The number of H-pyrrole nitrogens is 1. The Balaban J connectivity index is 1.64. The molecule has 4 heteroatoms. The van der Waals surface area contributed by atoms with Crippen molar-refractivity contribution in [3.8, 4) is 22.6 Å². The van der Waals surface area contributed by atoms with E-state index in [0.29, 0.717) is 5.92 Å². The van der Waals surface area contributed by atoms with E-state index < -0.39 is 0 Å². The monoisotopic (exact) mass is 362 g/mol. The number of allylic oxidation sites excluding steroid dienone is 1. The van der Waals surface area contributed by atoms with Gasteiger partial charge in [-0.1, -0.05) is 31.4 Å². The lowest BCUT2D eigenvalue weighted by Crippen LogP contribution is -2.02. The molecule has 3 aromatic rings. The van der Waals surface area contributed by atoms with E-state index in [4.69, 9.17) is 14.5 Å². The molecule has 0 bridgehead atoms. The van der Waals surface area contributed by atoms with E-state index in [0.717, 1.165) is 39.5 Å². The fourth-order valence-electron chi connectivity index (χ4n) is 3.87. The second-order valence-electron chi connectivity index (χ2n) is 7.18. The second kappa shape index (κ2) is 7.87. The number of hydrogen-bond donors (Lipinski definition) is 1. The van der Waals surface area contributed by atoms with Crippen molar-refractivity contribution in [2.75, 3.05) is 14.2 Å². The molecule has 4 nitrogen and oxygen atoms in total. The van der Waals surface area contributed by atoms with Crippen LogP contribution < -0.4 is 9.47 Å². The van der Waals surface area contributed by atoms with E-state index in [1.54, 1.807) is 14.2 Å². The van der Waals surface area contributed by atoms with E-state index in [1.807, 2.05) is 18.2 Å². The Morgan fingerprint density at radius 2 is 1.85 bits per heavy atom. The number of fused-ring (bicyclic) bond motifs is 1. The Hall–Kier alpha value is -2.75. The van der Waals surface area contributed by atoms with Crippen molar-refractivity contribution < 1.29 is 9.47 Å². The summed E-state index contributed by atoms with van der Waals surface area (Å²) in [6.45, 7) is 0. The number of methoxy groups -OCH3 is 2. The van der Waals surface area contributed by atoms with E-state index in [1.165, 1.54) is 32.1 Å². The number of aromatic amines is 1. The molecular formula is C23H26N2O2. The van der Waals surface area contributed by atoms with E-state index in [9.17, 15) is 0 Å². The van der Waals surface area contributed by atoms with Crippen molar-refractivity contribution in [1.82, 2.24) is 9.97 Å². The third-order valence-corrected chi connectivity index (χ3v) is 5.40. The molecular weight excluding hydrogens is 336 g/mol. The van der Waals surface area contributed by atoms with Crippen LogP contribution in [0.3, 0.4) is 0 Å². The Kier molecular flexibility index (Phi) is 5.14. The van der Waals surface area contributed by atoms with Crippen LogP contribution in [0.5, 0.6) is 11.5 Å². The second-order valence-corrected chi connectivity index (χ2v) is 7.18. The quantitative estimate of drug-likeness (QED) is 0.620. The molecule has 1 heterocycles. The van der Waals surface area contributed by atoms with Gasteiger partial charge in [-0.05, 0) is 60.7 Å². The van der Waals surface area contributed by atoms with Gasteiger partial charge in [0.1, 0.15) is 17.3 Å². The molecule has 0 aliphatic heterocycles. The lowest BCUT2D eigenvalue weighted by atomic mass is 9.89. The van der Waals surface area contributed by atoms with Crippen molar-refractivity contribution >= 4 is 17.1 Å². The largest absolute Gasteiger partial charge is 0.497 e. The summed E-state index contributed by atoms with van der Waals surface area (Å²) in [5, 5.41) is 0. The molecule has 1 aliphatic rings. The number of imidazole rings is 1. The Morgan fingerprint density at radius 3 is 2.63 bits per heavy atom. The average molecular weight is 362 g/mol. The molecule has 1 aliphatic carbocycles. The third-order valence-electron chi connectivity index (χ3n) is 5.40. The average Bonchev–Trinajstić information content (AvgIpc) is 3.14. The van der Waals surface area contributed by atoms with Crippen molar-refractivity contribution in [1.29, 1.82) is 0 Å². The summed E-state index contributed by atoms with van der Waals surface area (Å²) in [5.74, 6) is 3.25. The van der Waals surface area contributed by atoms with Crippen LogP contribution in [0.1, 0.15) is 37.9 Å². The van der Waals surface area contributed by atoms with E-state index >= 15 is 0 Å². The molecule has 27 heavy (non-hydrogen) atoms. The molecule has 140 valence electrons.